The molecular weight excluding hydrogens is 202 g/mol. The van der Waals surface area contributed by atoms with Crippen molar-refractivity contribution in [2.24, 2.45) is 0 Å². The van der Waals surface area contributed by atoms with Crippen LogP contribution in [0.5, 0.6) is 0 Å². The Morgan fingerprint density at radius 2 is 2.57 bits per heavy atom. The SMILES string of the molecule is COC(=O)CC#Cc1nc(C=O)cs1. The number of ether oxygens (including phenoxy) is 1. The van der Waals surface area contributed by atoms with Crippen molar-refractivity contribution in [3.8, 4) is 11.8 Å². The van der Waals surface area contributed by atoms with Crippen LogP contribution in [-0.4, -0.2) is 24.3 Å². The van der Waals surface area contributed by atoms with E-state index in [-0.39, 0.29) is 12.4 Å². The Balaban J connectivity index is 2.59. The minimum atomic E-state index is -0.385. The van der Waals surface area contributed by atoms with Crippen LogP contribution < -0.4 is 0 Å². The van der Waals surface area contributed by atoms with E-state index < -0.39 is 0 Å². The number of thiazole rings is 1. The first-order valence-corrected chi connectivity index (χ1v) is 4.60. The Kier molecular flexibility index (Phi) is 3.83. The monoisotopic (exact) mass is 209 g/mol. The third-order valence-corrected chi connectivity index (χ3v) is 2.07. The van der Waals surface area contributed by atoms with Gasteiger partial charge in [-0.15, -0.1) is 11.3 Å². The molecule has 1 aromatic heterocycles. The maximum absolute atomic E-state index is 10.7. The fraction of sp³-hybridized carbons (Fsp3) is 0.222. The first-order chi connectivity index (χ1) is 6.76. The molecule has 0 amide bonds. The van der Waals surface area contributed by atoms with Crippen molar-refractivity contribution in [1.29, 1.82) is 0 Å². The van der Waals surface area contributed by atoms with Gasteiger partial charge in [0.05, 0.1) is 7.11 Å². The lowest BCUT2D eigenvalue weighted by molar-refractivity contribution is -0.139. The number of aldehydes is 1. The first kappa shape index (κ1) is 10.4. The zero-order valence-electron chi connectivity index (χ0n) is 7.44. The van der Waals surface area contributed by atoms with Crippen molar-refractivity contribution in [2.75, 3.05) is 7.11 Å². The number of esters is 1. The molecule has 4 nitrogen and oxygen atoms in total. The predicted molar refractivity (Wildman–Crippen MR) is 51.0 cm³/mol. The number of rotatable bonds is 2. The van der Waals surface area contributed by atoms with Gasteiger partial charge in [0.1, 0.15) is 12.1 Å². The van der Waals surface area contributed by atoms with Crippen molar-refractivity contribution >= 4 is 23.6 Å². The van der Waals surface area contributed by atoms with Gasteiger partial charge in [-0.05, 0) is 5.92 Å². The lowest BCUT2D eigenvalue weighted by Crippen LogP contribution is -1.96. The van der Waals surface area contributed by atoms with E-state index in [1.807, 2.05) is 0 Å². The number of hydrogen-bond donors (Lipinski definition) is 0. The summed E-state index contributed by atoms with van der Waals surface area (Å²) < 4.78 is 4.40. The zero-order valence-corrected chi connectivity index (χ0v) is 8.26. The van der Waals surface area contributed by atoms with Gasteiger partial charge in [0, 0.05) is 5.38 Å². The highest BCUT2D eigenvalue weighted by molar-refractivity contribution is 7.10. The second-order valence-electron chi connectivity index (χ2n) is 2.25. The highest BCUT2D eigenvalue weighted by Crippen LogP contribution is 2.05. The summed E-state index contributed by atoms with van der Waals surface area (Å²) in [5, 5.41) is 2.13. The zero-order chi connectivity index (χ0) is 10.4. The molecule has 1 heterocycles. The van der Waals surface area contributed by atoms with E-state index in [4.69, 9.17) is 0 Å². The van der Waals surface area contributed by atoms with Crippen LogP contribution in [0.2, 0.25) is 0 Å². The molecule has 0 aliphatic heterocycles. The highest BCUT2D eigenvalue weighted by atomic mass is 32.1. The van der Waals surface area contributed by atoms with Crippen LogP contribution in [-0.2, 0) is 9.53 Å². The number of aromatic nitrogens is 1. The smallest absolute Gasteiger partial charge is 0.317 e. The van der Waals surface area contributed by atoms with Gasteiger partial charge in [0.2, 0.25) is 0 Å². The Morgan fingerprint density at radius 3 is 3.14 bits per heavy atom. The molecule has 0 aliphatic carbocycles. The standard InChI is InChI=1S/C9H7NO3S/c1-13-9(12)4-2-3-8-10-7(5-11)6-14-8/h5-6H,4H2,1H3. The molecule has 0 aliphatic rings. The lowest BCUT2D eigenvalue weighted by atomic mass is 10.4. The molecule has 0 radical (unpaired) electrons. The van der Waals surface area contributed by atoms with Crippen molar-refractivity contribution in [3.63, 3.8) is 0 Å². The molecule has 1 aromatic rings. The fourth-order valence-electron chi connectivity index (χ4n) is 0.662. The predicted octanol–water partition coefficient (Wildman–Crippen LogP) is 0.870. The van der Waals surface area contributed by atoms with E-state index >= 15 is 0 Å². The molecule has 1 rings (SSSR count). The Hall–Kier alpha value is -1.67. The second-order valence-corrected chi connectivity index (χ2v) is 3.11. The highest BCUT2D eigenvalue weighted by Gasteiger charge is 1.97. The molecule has 0 aromatic carbocycles. The van der Waals surface area contributed by atoms with Gasteiger partial charge in [0.25, 0.3) is 0 Å². The number of hydrogen-bond acceptors (Lipinski definition) is 5. The van der Waals surface area contributed by atoms with E-state index in [1.54, 1.807) is 5.38 Å². The summed E-state index contributed by atoms with van der Waals surface area (Å²) in [5.74, 6) is 4.87. The van der Waals surface area contributed by atoms with E-state index in [9.17, 15) is 9.59 Å². The van der Waals surface area contributed by atoms with Crippen LogP contribution in [0.3, 0.4) is 0 Å². The molecule has 14 heavy (non-hydrogen) atoms. The van der Waals surface area contributed by atoms with Crippen molar-refractivity contribution in [2.45, 2.75) is 6.42 Å². The third-order valence-electron chi connectivity index (χ3n) is 1.30. The summed E-state index contributed by atoms with van der Waals surface area (Å²) in [6.45, 7) is 0. The summed E-state index contributed by atoms with van der Waals surface area (Å²) in [5.41, 5.74) is 0.359. The molecule has 0 bridgehead atoms. The molecule has 0 unspecified atom stereocenters. The van der Waals surface area contributed by atoms with Gasteiger partial charge in [-0.3, -0.25) is 9.59 Å². The molecule has 72 valence electrons. The van der Waals surface area contributed by atoms with Crippen LogP contribution >= 0.6 is 11.3 Å². The average molecular weight is 209 g/mol. The number of nitrogens with zero attached hydrogens (tertiary/aromatic N) is 1. The summed E-state index contributed by atoms with van der Waals surface area (Å²) >= 11 is 1.27. The van der Waals surface area contributed by atoms with Gasteiger partial charge < -0.3 is 4.74 Å². The number of methoxy groups -OCH3 is 1. The van der Waals surface area contributed by atoms with E-state index in [1.165, 1.54) is 18.4 Å². The molecule has 0 saturated carbocycles. The second kappa shape index (κ2) is 5.14. The lowest BCUT2D eigenvalue weighted by Gasteiger charge is -1.88. The average Bonchev–Trinajstić information content (AvgIpc) is 2.65. The van der Waals surface area contributed by atoms with Gasteiger partial charge in [-0.2, -0.15) is 0 Å². The topological polar surface area (TPSA) is 56.3 Å². The van der Waals surface area contributed by atoms with E-state index in [0.29, 0.717) is 17.0 Å². The molecule has 0 saturated heterocycles. The quantitative estimate of drug-likeness (QED) is 0.412. The Labute approximate surface area is 84.9 Å². The summed E-state index contributed by atoms with van der Waals surface area (Å²) in [7, 11) is 1.30. The largest absolute Gasteiger partial charge is 0.468 e. The van der Waals surface area contributed by atoms with E-state index in [2.05, 4.69) is 21.6 Å². The van der Waals surface area contributed by atoms with Crippen LogP contribution in [0.15, 0.2) is 5.38 Å². The molecule has 0 spiro atoms. The molecule has 0 fully saturated rings. The van der Waals surface area contributed by atoms with E-state index in [0.717, 1.165) is 0 Å². The number of carbonyl (C=O) groups is 2. The normalized spacial score (nSPS) is 8.64. The van der Waals surface area contributed by atoms with Crippen LogP contribution in [0.1, 0.15) is 21.9 Å². The van der Waals surface area contributed by atoms with Crippen LogP contribution in [0, 0.1) is 11.8 Å². The number of carbonyl (C=O) groups excluding carboxylic acids is 2. The molecule has 5 heteroatoms. The van der Waals surface area contributed by atoms with Gasteiger partial charge in [-0.1, -0.05) is 5.92 Å². The summed E-state index contributed by atoms with van der Waals surface area (Å²) in [6, 6.07) is 0. The molecule has 0 atom stereocenters. The molecule has 0 N–H and O–H groups in total. The van der Waals surface area contributed by atoms with Crippen LogP contribution in [0.25, 0.3) is 0 Å². The van der Waals surface area contributed by atoms with Gasteiger partial charge >= 0.3 is 5.97 Å². The fourth-order valence-corrected chi connectivity index (χ4v) is 1.29. The Morgan fingerprint density at radius 1 is 1.79 bits per heavy atom. The minimum Gasteiger partial charge on any atom is -0.468 e. The minimum absolute atomic E-state index is 0.0342. The Bertz CT molecular complexity index is 400. The van der Waals surface area contributed by atoms with Crippen molar-refractivity contribution in [3.05, 3.63) is 16.1 Å². The first-order valence-electron chi connectivity index (χ1n) is 3.72. The third kappa shape index (κ3) is 2.99. The van der Waals surface area contributed by atoms with Gasteiger partial charge in [0.15, 0.2) is 11.3 Å². The summed E-state index contributed by atoms with van der Waals surface area (Å²) in [4.78, 5) is 24.8. The van der Waals surface area contributed by atoms with Crippen LogP contribution in [0.4, 0.5) is 0 Å². The van der Waals surface area contributed by atoms with Gasteiger partial charge in [-0.25, -0.2) is 4.98 Å². The van der Waals surface area contributed by atoms with Crippen molar-refractivity contribution in [1.82, 2.24) is 4.98 Å². The molecular formula is C9H7NO3S. The van der Waals surface area contributed by atoms with Crippen molar-refractivity contribution < 1.29 is 14.3 Å². The maximum atomic E-state index is 10.7. The summed E-state index contributed by atoms with van der Waals surface area (Å²) in [6.07, 6.45) is 0.689. The maximum Gasteiger partial charge on any atom is 0.317 e.